The van der Waals surface area contributed by atoms with Crippen LogP contribution in [0.5, 0.6) is 5.75 Å². The summed E-state index contributed by atoms with van der Waals surface area (Å²) >= 11 is 1.54. The van der Waals surface area contributed by atoms with Crippen molar-refractivity contribution in [3.8, 4) is 5.75 Å². The van der Waals surface area contributed by atoms with Crippen LogP contribution in [0.25, 0.3) is 0 Å². The number of hydrogen-bond acceptors (Lipinski definition) is 8. The molecule has 4 rings (SSSR count). The van der Waals surface area contributed by atoms with E-state index in [4.69, 9.17) is 0 Å². The summed E-state index contributed by atoms with van der Waals surface area (Å²) in [5.74, 6) is 0.00846. The summed E-state index contributed by atoms with van der Waals surface area (Å²) in [6, 6.07) is 17.5. The van der Waals surface area contributed by atoms with Gasteiger partial charge in [-0.1, -0.05) is 30.3 Å². The van der Waals surface area contributed by atoms with Gasteiger partial charge in [0.1, 0.15) is 11.8 Å². The fraction of sp³-hybridized carbons (Fsp3) is 0.424. The fourth-order valence-electron chi connectivity index (χ4n) is 5.13. The van der Waals surface area contributed by atoms with Gasteiger partial charge in [-0.25, -0.2) is 0 Å². The second kappa shape index (κ2) is 14.8. The number of amides is 2. The van der Waals surface area contributed by atoms with E-state index in [0.29, 0.717) is 36.5 Å². The van der Waals surface area contributed by atoms with E-state index in [1.165, 1.54) is 0 Å². The van der Waals surface area contributed by atoms with Gasteiger partial charge >= 0.3 is 0 Å². The van der Waals surface area contributed by atoms with E-state index in [1.54, 1.807) is 43.1 Å². The van der Waals surface area contributed by atoms with E-state index in [1.807, 2.05) is 74.3 Å². The third kappa shape index (κ3) is 9.53. The zero-order valence-electron chi connectivity index (χ0n) is 25.4. The SMILES string of the molecule is Cc1c(O)cccc1C(=O)N[C@H](CSc1ccccc1)[C@@H](O)CN1CCN(Cc2cccnc2)C[C@H]1C(=O)NC(C)(C)C. The van der Waals surface area contributed by atoms with Crippen LogP contribution in [0.2, 0.25) is 0 Å². The molecule has 3 aromatic rings. The molecule has 3 atom stereocenters. The van der Waals surface area contributed by atoms with Crippen LogP contribution in [-0.2, 0) is 11.3 Å². The zero-order chi connectivity index (χ0) is 31.0. The topological polar surface area (TPSA) is 118 Å². The summed E-state index contributed by atoms with van der Waals surface area (Å²) in [7, 11) is 0. The molecule has 0 aliphatic carbocycles. The average Bonchev–Trinajstić information content (AvgIpc) is 2.97. The van der Waals surface area contributed by atoms with Crippen LogP contribution in [0.4, 0.5) is 0 Å². The Labute approximate surface area is 258 Å². The van der Waals surface area contributed by atoms with Crippen molar-refractivity contribution in [1.29, 1.82) is 0 Å². The number of carbonyl (C=O) groups excluding carboxylic acids is 2. The number of phenols is 1. The van der Waals surface area contributed by atoms with Gasteiger partial charge in [0, 0.05) is 72.4 Å². The van der Waals surface area contributed by atoms with Crippen molar-refractivity contribution in [1.82, 2.24) is 25.4 Å². The summed E-state index contributed by atoms with van der Waals surface area (Å²) in [5, 5.41) is 27.9. The number of hydrogen-bond donors (Lipinski definition) is 4. The number of nitrogens with one attached hydrogen (secondary N) is 2. The predicted octanol–water partition coefficient (Wildman–Crippen LogP) is 3.45. The van der Waals surface area contributed by atoms with Gasteiger partial charge in [-0.3, -0.25) is 24.4 Å². The number of nitrogens with zero attached hydrogens (tertiary/aromatic N) is 3. The third-order valence-electron chi connectivity index (χ3n) is 7.43. The molecule has 43 heavy (non-hydrogen) atoms. The van der Waals surface area contributed by atoms with Crippen LogP contribution in [0, 0.1) is 6.92 Å². The number of phenolic OH excluding ortho intramolecular Hbond substituents is 1. The Morgan fingerprint density at radius 1 is 1.07 bits per heavy atom. The minimum atomic E-state index is -0.951. The average molecular weight is 606 g/mol. The second-order valence-corrected chi connectivity index (χ2v) is 13.2. The van der Waals surface area contributed by atoms with Crippen molar-refractivity contribution in [3.63, 3.8) is 0 Å². The number of benzene rings is 2. The van der Waals surface area contributed by atoms with E-state index in [0.717, 1.165) is 17.0 Å². The van der Waals surface area contributed by atoms with Gasteiger partial charge in [0.25, 0.3) is 5.91 Å². The highest BCUT2D eigenvalue weighted by atomic mass is 32.2. The monoisotopic (exact) mass is 605 g/mol. The first-order chi connectivity index (χ1) is 20.5. The lowest BCUT2D eigenvalue weighted by Gasteiger charge is -2.43. The number of aromatic nitrogens is 1. The molecule has 1 aliphatic heterocycles. The number of piperazine rings is 1. The minimum Gasteiger partial charge on any atom is -0.508 e. The van der Waals surface area contributed by atoms with Crippen LogP contribution >= 0.6 is 11.8 Å². The third-order valence-corrected chi connectivity index (χ3v) is 8.56. The maximum absolute atomic E-state index is 13.5. The maximum Gasteiger partial charge on any atom is 0.252 e. The minimum absolute atomic E-state index is 0.0419. The Morgan fingerprint density at radius 3 is 2.53 bits per heavy atom. The van der Waals surface area contributed by atoms with Crippen molar-refractivity contribution < 1.29 is 19.8 Å². The molecule has 1 aromatic heterocycles. The van der Waals surface area contributed by atoms with Crippen LogP contribution in [-0.4, -0.2) is 92.5 Å². The zero-order valence-corrected chi connectivity index (χ0v) is 26.2. The van der Waals surface area contributed by atoms with Gasteiger partial charge in [-0.15, -0.1) is 11.8 Å². The van der Waals surface area contributed by atoms with Gasteiger partial charge in [0.15, 0.2) is 0 Å². The highest BCUT2D eigenvalue weighted by Crippen LogP contribution is 2.23. The van der Waals surface area contributed by atoms with Crippen LogP contribution in [0.15, 0.2) is 78.0 Å². The Balaban J connectivity index is 1.52. The van der Waals surface area contributed by atoms with Gasteiger partial charge < -0.3 is 20.8 Å². The van der Waals surface area contributed by atoms with Crippen molar-refractivity contribution in [2.45, 2.75) is 62.9 Å². The number of thioether (sulfide) groups is 1. The van der Waals surface area contributed by atoms with E-state index in [9.17, 15) is 19.8 Å². The van der Waals surface area contributed by atoms with E-state index < -0.39 is 23.7 Å². The van der Waals surface area contributed by atoms with Crippen molar-refractivity contribution in [3.05, 3.63) is 89.7 Å². The predicted molar refractivity (Wildman–Crippen MR) is 170 cm³/mol. The summed E-state index contributed by atoms with van der Waals surface area (Å²) in [5.41, 5.74) is 1.50. The highest BCUT2D eigenvalue weighted by molar-refractivity contribution is 7.99. The van der Waals surface area contributed by atoms with Crippen molar-refractivity contribution in [2.24, 2.45) is 0 Å². The van der Waals surface area contributed by atoms with Gasteiger partial charge in [0.05, 0.1) is 12.1 Å². The molecule has 9 nitrogen and oxygen atoms in total. The number of aromatic hydroxyl groups is 1. The number of aliphatic hydroxyl groups excluding tert-OH is 1. The molecule has 4 N–H and O–H groups in total. The first-order valence-electron chi connectivity index (χ1n) is 14.6. The summed E-state index contributed by atoms with van der Waals surface area (Å²) < 4.78 is 0. The van der Waals surface area contributed by atoms with Gasteiger partial charge in [-0.2, -0.15) is 0 Å². The molecule has 10 heteroatoms. The molecule has 2 aromatic carbocycles. The first kappa shape index (κ1) is 32.5. The smallest absolute Gasteiger partial charge is 0.252 e. The molecule has 0 spiro atoms. The number of β-amino-alcohol motifs (C(OH)–C–C–N with tert-alkyl or cyclic N) is 1. The van der Waals surface area contributed by atoms with E-state index in [-0.39, 0.29) is 24.1 Å². The summed E-state index contributed by atoms with van der Waals surface area (Å²) in [6.07, 6.45) is 2.63. The normalized spacial score (nSPS) is 17.7. The molecule has 2 heterocycles. The number of pyridine rings is 1. The van der Waals surface area contributed by atoms with Gasteiger partial charge in [-0.05, 0) is 63.6 Å². The molecule has 0 bridgehead atoms. The highest BCUT2D eigenvalue weighted by Gasteiger charge is 2.36. The fourth-order valence-corrected chi connectivity index (χ4v) is 6.15. The molecule has 230 valence electrons. The number of rotatable bonds is 11. The van der Waals surface area contributed by atoms with Crippen molar-refractivity contribution in [2.75, 3.05) is 31.9 Å². The van der Waals surface area contributed by atoms with Crippen LogP contribution < -0.4 is 10.6 Å². The molecule has 1 fully saturated rings. The van der Waals surface area contributed by atoms with Crippen LogP contribution in [0.3, 0.4) is 0 Å². The summed E-state index contributed by atoms with van der Waals surface area (Å²) in [4.78, 5) is 36.4. The Bertz CT molecular complexity index is 1350. The number of carbonyl (C=O) groups is 2. The molecular weight excluding hydrogens is 562 g/mol. The van der Waals surface area contributed by atoms with Gasteiger partial charge in [0.2, 0.25) is 5.91 Å². The lowest BCUT2D eigenvalue weighted by Crippen LogP contribution is -2.63. The molecule has 0 saturated carbocycles. The molecule has 0 unspecified atom stereocenters. The first-order valence-corrected chi connectivity index (χ1v) is 15.6. The quantitative estimate of drug-likeness (QED) is 0.246. The van der Waals surface area contributed by atoms with E-state index >= 15 is 0 Å². The lowest BCUT2D eigenvalue weighted by molar-refractivity contribution is -0.131. The molecular formula is C33H43N5O4S. The maximum atomic E-state index is 13.5. The van der Waals surface area contributed by atoms with E-state index in [2.05, 4.69) is 20.5 Å². The Kier molecular flexibility index (Phi) is 11.2. The molecule has 0 radical (unpaired) electrons. The van der Waals surface area contributed by atoms with Crippen LogP contribution in [0.1, 0.15) is 42.3 Å². The Hall–Kier alpha value is -3.44. The molecule has 1 aliphatic rings. The standard InChI is InChI=1S/C33H43N5O4S/c1-23-26(13-8-14-29(23)39)31(41)35-27(22-43-25-11-6-5-7-12-25)30(40)21-38-17-16-37(19-24-10-9-15-34-18-24)20-28(38)32(42)36-33(2,3)4/h5-15,18,27-28,30,39-40H,16-17,19-22H2,1-4H3,(H,35,41)(H,36,42)/t27-,28+,30+/m1/s1. The molecule has 2 amide bonds. The number of aliphatic hydroxyl groups is 1. The summed E-state index contributed by atoms with van der Waals surface area (Å²) in [6.45, 7) is 10.3. The van der Waals surface area contributed by atoms with Crippen molar-refractivity contribution >= 4 is 23.6 Å². The lowest BCUT2D eigenvalue weighted by atomic mass is 10.0. The second-order valence-electron chi connectivity index (χ2n) is 12.1. The molecule has 1 saturated heterocycles. The Morgan fingerprint density at radius 2 is 1.84 bits per heavy atom. The largest absolute Gasteiger partial charge is 0.508 e.